The maximum absolute atomic E-state index is 11.5. The summed E-state index contributed by atoms with van der Waals surface area (Å²) < 4.78 is 11.0. The molecule has 2 N–H and O–H groups in total. The zero-order valence-corrected chi connectivity index (χ0v) is 10.6. The predicted molar refractivity (Wildman–Crippen MR) is 63.5 cm³/mol. The fourth-order valence-corrected chi connectivity index (χ4v) is 1.68. The van der Waals surface area contributed by atoms with Gasteiger partial charge in [-0.2, -0.15) is 5.06 Å². The molecule has 0 saturated carbocycles. The van der Waals surface area contributed by atoms with Gasteiger partial charge in [-0.05, 0) is 12.1 Å². The highest BCUT2D eigenvalue weighted by Gasteiger charge is 2.24. The second kappa shape index (κ2) is 5.86. The predicted octanol–water partition coefficient (Wildman–Crippen LogP) is 1.01. The van der Waals surface area contributed by atoms with E-state index in [1.807, 2.05) is 0 Å². The number of rotatable bonds is 5. The van der Waals surface area contributed by atoms with Crippen molar-refractivity contribution >= 4 is 24.5 Å². The summed E-state index contributed by atoms with van der Waals surface area (Å²) in [6.07, 6.45) is 2.02. The lowest BCUT2D eigenvalue weighted by atomic mass is 10.3. The van der Waals surface area contributed by atoms with E-state index >= 15 is 0 Å². The van der Waals surface area contributed by atoms with E-state index in [1.54, 1.807) is 0 Å². The Bertz CT molecular complexity index is 484. The van der Waals surface area contributed by atoms with Gasteiger partial charge in [0.05, 0.1) is 11.9 Å². The molecular weight excluding hydrogens is 259 g/mol. The monoisotopic (exact) mass is 272 g/mol. The summed E-state index contributed by atoms with van der Waals surface area (Å²) in [5.41, 5.74) is -0.728. The van der Waals surface area contributed by atoms with E-state index in [9.17, 15) is 19.4 Å². The van der Waals surface area contributed by atoms with E-state index in [0.717, 1.165) is 6.66 Å². The first-order valence-corrected chi connectivity index (χ1v) is 7.18. The van der Waals surface area contributed by atoms with Gasteiger partial charge in [0.25, 0.3) is 13.3 Å². The van der Waals surface area contributed by atoms with Crippen LogP contribution in [0.3, 0.4) is 0 Å². The molecule has 1 atom stereocenters. The maximum Gasteiger partial charge on any atom is 0.261 e. The summed E-state index contributed by atoms with van der Waals surface area (Å²) in [6.45, 7) is 0.914. The molecule has 1 rings (SSSR count). The highest BCUT2D eigenvalue weighted by molar-refractivity contribution is 7.74. The molecule has 8 heteroatoms. The second-order valence-electron chi connectivity index (χ2n) is 3.69. The lowest BCUT2D eigenvalue weighted by Gasteiger charge is -2.14. The average Bonchev–Trinajstić information content (AvgIpc) is 2.34. The van der Waals surface area contributed by atoms with E-state index < -0.39 is 18.8 Å². The van der Waals surface area contributed by atoms with Crippen molar-refractivity contribution in [3.8, 4) is 0 Å². The summed E-state index contributed by atoms with van der Waals surface area (Å²) in [5, 5.41) is 9.87. The number of aromatic nitrogens is 1. The Labute approximate surface area is 103 Å². The molecule has 0 aliphatic heterocycles. The molecule has 1 unspecified atom stereocenters. The van der Waals surface area contributed by atoms with Gasteiger partial charge >= 0.3 is 0 Å². The summed E-state index contributed by atoms with van der Waals surface area (Å²) >= 11 is 0. The first-order chi connectivity index (χ1) is 8.32. The van der Waals surface area contributed by atoms with Crippen molar-refractivity contribution in [3.63, 3.8) is 0 Å². The van der Waals surface area contributed by atoms with E-state index in [-0.39, 0.29) is 18.5 Å². The van der Waals surface area contributed by atoms with E-state index in [2.05, 4.69) is 4.98 Å². The minimum Gasteiger partial charge on any atom is -0.339 e. The van der Waals surface area contributed by atoms with Crippen LogP contribution in [0.4, 0.5) is 5.69 Å². The molecule has 1 heterocycles. The van der Waals surface area contributed by atoms with Crippen LogP contribution >= 0.6 is 7.37 Å². The van der Waals surface area contributed by atoms with Crippen molar-refractivity contribution in [1.29, 1.82) is 0 Å². The zero-order valence-electron chi connectivity index (χ0n) is 9.68. The first-order valence-electron chi connectivity index (χ1n) is 5.08. The van der Waals surface area contributed by atoms with Crippen LogP contribution in [0.15, 0.2) is 24.5 Å². The normalized spacial score (nSPS) is 13.7. The molecule has 0 aromatic carbocycles. The number of amides is 1. The third-order valence-electron chi connectivity index (χ3n) is 2.14. The number of hydrogen-bond donors (Lipinski definition) is 2. The standard InChI is InChI=1S/C10H13N2O5P/c1-18(16,17)10(14)5-4-9(13)12(15)8-3-2-6-11-7-8/h2-3,6-7,15H,4-5H2,1H3,(H,16,17). The van der Waals surface area contributed by atoms with Crippen LogP contribution < -0.4 is 5.06 Å². The van der Waals surface area contributed by atoms with Gasteiger partial charge in [0.1, 0.15) is 0 Å². The molecule has 18 heavy (non-hydrogen) atoms. The SMILES string of the molecule is CP(=O)(O)C(=O)CCC(=O)N(O)c1cccnc1. The van der Waals surface area contributed by atoms with Crippen molar-refractivity contribution in [1.82, 2.24) is 4.98 Å². The molecule has 1 aromatic heterocycles. The molecule has 0 radical (unpaired) electrons. The van der Waals surface area contributed by atoms with Crippen LogP contribution in [0.2, 0.25) is 0 Å². The second-order valence-corrected chi connectivity index (χ2v) is 5.95. The van der Waals surface area contributed by atoms with Gasteiger partial charge in [-0.3, -0.25) is 24.3 Å². The van der Waals surface area contributed by atoms with Crippen LogP contribution in [0.1, 0.15) is 12.8 Å². The van der Waals surface area contributed by atoms with Crippen LogP contribution in [0, 0.1) is 0 Å². The van der Waals surface area contributed by atoms with Gasteiger partial charge in [0, 0.05) is 25.7 Å². The average molecular weight is 272 g/mol. The summed E-state index contributed by atoms with van der Waals surface area (Å²) in [7, 11) is -3.82. The van der Waals surface area contributed by atoms with Gasteiger partial charge in [-0.25, -0.2) is 0 Å². The Morgan fingerprint density at radius 2 is 2.11 bits per heavy atom. The molecule has 0 saturated heterocycles. The van der Waals surface area contributed by atoms with Gasteiger partial charge in [-0.1, -0.05) is 0 Å². The number of pyridine rings is 1. The number of carbonyl (C=O) groups excluding carboxylic acids is 2. The largest absolute Gasteiger partial charge is 0.339 e. The molecule has 0 aliphatic rings. The van der Waals surface area contributed by atoms with Crippen LogP contribution in [-0.4, -0.2) is 33.2 Å². The number of hydroxylamine groups is 1. The topological polar surface area (TPSA) is 108 Å². The van der Waals surface area contributed by atoms with Crippen molar-refractivity contribution in [2.24, 2.45) is 0 Å². The van der Waals surface area contributed by atoms with E-state index in [1.165, 1.54) is 24.5 Å². The molecule has 0 bridgehead atoms. The quantitative estimate of drug-likeness (QED) is 0.470. The molecule has 0 aliphatic carbocycles. The lowest BCUT2D eigenvalue weighted by molar-refractivity contribution is -0.125. The molecule has 1 amide bonds. The van der Waals surface area contributed by atoms with Crippen molar-refractivity contribution in [2.45, 2.75) is 12.8 Å². The molecule has 0 spiro atoms. The van der Waals surface area contributed by atoms with Gasteiger partial charge in [0.15, 0.2) is 0 Å². The third-order valence-corrected chi connectivity index (χ3v) is 3.29. The fraction of sp³-hybridized carbons (Fsp3) is 0.300. The molecular formula is C10H13N2O5P. The van der Waals surface area contributed by atoms with Crippen LogP contribution in [-0.2, 0) is 14.2 Å². The fourth-order valence-electron chi connectivity index (χ4n) is 1.15. The van der Waals surface area contributed by atoms with Gasteiger partial charge < -0.3 is 4.89 Å². The molecule has 0 fully saturated rings. The Morgan fingerprint density at radius 3 is 2.61 bits per heavy atom. The number of nitrogens with zero attached hydrogens (tertiary/aromatic N) is 2. The van der Waals surface area contributed by atoms with E-state index in [0.29, 0.717) is 5.06 Å². The zero-order chi connectivity index (χ0) is 13.8. The Morgan fingerprint density at radius 1 is 1.44 bits per heavy atom. The third kappa shape index (κ3) is 4.03. The Balaban J connectivity index is 2.57. The smallest absolute Gasteiger partial charge is 0.261 e. The minimum absolute atomic E-state index is 0.165. The lowest BCUT2D eigenvalue weighted by Crippen LogP contribution is -2.27. The van der Waals surface area contributed by atoms with Crippen LogP contribution in [0.5, 0.6) is 0 Å². The Hall–Kier alpha value is -1.56. The van der Waals surface area contributed by atoms with E-state index in [4.69, 9.17) is 4.89 Å². The summed E-state index contributed by atoms with van der Waals surface area (Å²) in [6, 6.07) is 2.99. The van der Waals surface area contributed by atoms with Crippen molar-refractivity contribution < 1.29 is 24.3 Å². The first kappa shape index (κ1) is 14.5. The van der Waals surface area contributed by atoms with Crippen molar-refractivity contribution in [3.05, 3.63) is 24.5 Å². The highest BCUT2D eigenvalue weighted by Crippen LogP contribution is 2.37. The molecule has 7 nitrogen and oxygen atoms in total. The van der Waals surface area contributed by atoms with Crippen LogP contribution in [0.25, 0.3) is 0 Å². The molecule has 1 aromatic rings. The minimum atomic E-state index is -3.82. The van der Waals surface area contributed by atoms with Gasteiger partial charge in [0.2, 0.25) is 5.52 Å². The number of carbonyl (C=O) groups is 2. The maximum atomic E-state index is 11.5. The summed E-state index contributed by atoms with van der Waals surface area (Å²) in [5.74, 6) is -0.746. The van der Waals surface area contributed by atoms with Crippen molar-refractivity contribution in [2.75, 3.05) is 11.7 Å². The molecule has 98 valence electrons. The highest BCUT2D eigenvalue weighted by atomic mass is 31.2. The number of hydrogen-bond acceptors (Lipinski definition) is 5. The Kier molecular flexibility index (Phi) is 4.72. The number of anilines is 1. The summed E-state index contributed by atoms with van der Waals surface area (Å²) in [4.78, 5) is 35.3. The van der Waals surface area contributed by atoms with Gasteiger partial charge in [-0.15, -0.1) is 0 Å².